The fourth-order valence-electron chi connectivity index (χ4n) is 3.52. The van der Waals surface area contributed by atoms with E-state index in [-0.39, 0.29) is 23.3 Å². The molecule has 1 saturated carbocycles. The van der Waals surface area contributed by atoms with Crippen molar-refractivity contribution in [2.45, 2.75) is 70.1 Å². The van der Waals surface area contributed by atoms with E-state index < -0.39 is 5.54 Å². The first kappa shape index (κ1) is 19.9. The van der Waals surface area contributed by atoms with Gasteiger partial charge in [0.05, 0.1) is 17.2 Å². The van der Waals surface area contributed by atoms with E-state index >= 15 is 0 Å². The quantitative estimate of drug-likeness (QED) is 0.606. The molecule has 2 aromatic heterocycles. The van der Waals surface area contributed by atoms with Crippen molar-refractivity contribution in [2.24, 2.45) is 0 Å². The van der Waals surface area contributed by atoms with Crippen molar-refractivity contribution in [3.63, 3.8) is 0 Å². The van der Waals surface area contributed by atoms with Crippen LogP contribution in [-0.4, -0.2) is 26.8 Å². The number of thiophene rings is 1. The Hall–Kier alpha value is -1.85. The lowest BCUT2D eigenvalue weighted by Gasteiger charge is -2.22. The van der Waals surface area contributed by atoms with Crippen molar-refractivity contribution < 1.29 is 4.79 Å². The van der Waals surface area contributed by atoms with Gasteiger partial charge in [0, 0.05) is 10.9 Å². The Morgan fingerprint density at radius 3 is 2.67 bits per heavy atom. The SMILES string of the molecule is Cc1sc2nc(SCC(=O)NC3(C#N)CCCC3)n(C(C)C)c(=O)c2c1C. The lowest BCUT2D eigenvalue weighted by molar-refractivity contribution is -0.119. The highest BCUT2D eigenvalue weighted by molar-refractivity contribution is 7.99. The van der Waals surface area contributed by atoms with E-state index in [1.165, 1.54) is 23.1 Å². The van der Waals surface area contributed by atoms with Crippen LogP contribution in [0.5, 0.6) is 0 Å². The maximum Gasteiger partial charge on any atom is 0.263 e. The molecule has 0 bridgehead atoms. The van der Waals surface area contributed by atoms with Gasteiger partial charge in [-0.25, -0.2) is 4.98 Å². The van der Waals surface area contributed by atoms with Gasteiger partial charge in [0.1, 0.15) is 10.4 Å². The first-order valence-electron chi connectivity index (χ1n) is 9.15. The fourth-order valence-corrected chi connectivity index (χ4v) is 5.52. The van der Waals surface area contributed by atoms with Crippen LogP contribution in [0.15, 0.2) is 9.95 Å². The summed E-state index contributed by atoms with van der Waals surface area (Å²) in [6.45, 7) is 7.82. The van der Waals surface area contributed by atoms with Crippen molar-refractivity contribution in [1.82, 2.24) is 14.9 Å². The van der Waals surface area contributed by atoms with E-state index in [1.807, 2.05) is 27.7 Å². The average Bonchev–Trinajstić information content (AvgIpc) is 3.18. The summed E-state index contributed by atoms with van der Waals surface area (Å²) in [6.07, 6.45) is 3.33. The number of nitrogens with zero attached hydrogens (tertiary/aromatic N) is 3. The van der Waals surface area contributed by atoms with Gasteiger partial charge in [0.25, 0.3) is 5.56 Å². The highest BCUT2D eigenvalue weighted by Crippen LogP contribution is 2.31. The standard InChI is InChI=1S/C19H24N4O2S2/c1-11(2)23-17(25)15-12(3)13(4)27-16(15)21-18(23)26-9-14(24)22-19(10-20)7-5-6-8-19/h11H,5-9H2,1-4H3,(H,22,24). The van der Waals surface area contributed by atoms with Crippen LogP contribution in [0, 0.1) is 25.2 Å². The number of carbonyl (C=O) groups is 1. The number of amides is 1. The third-order valence-electron chi connectivity index (χ3n) is 5.10. The van der Waals surface area contributed by atoms with E-state index in [4.69, 9.17) is 0 Å². The van der Waals surface area contributed by atoms with E-state index in [0.29, 0.717) is 23.4 Å². The number of thioether (sulfide) groups is 1. The molecular weight excluding hydrogens is 380 g/mol. The number of aromatic nitrogens is 2. The lowest BCUT2D eigenvalue weighted by Crippen LogP contribution is -2.45. The largest absolute Gasteiger partial charge is 0.337 e. The molecule has 0 saturated heterocycles. The molecular formula is C19H24N4O2S2. The third-order valence-corrected chi connectivity index (χ3v) is 7.16. The van der Waals surface area contributed by atoms with Gasteiger partial charge in [0.15, 0.2) is 5.16 Å². The van der Waals surface area contributed by atoms with E-state index in [0.717, 1.165) is 28.1 Å². The molecule has 1 aliphatic carbocycles. The Balaban J connectivity index is 1.86. The summed E-state index contributed by atoms with van der Waals surface area (Å²) < 4.78 is 1.66. The minimum absolute atomic E-state index is 0.0518. The maximum atomic E-state index is 13.0. The van der Waals surface area contributed by atoms with E-state index in [9.17, 15) is 14.9 Å². The molecule has 0 atom stereocenters. The van der Waals surface area contributed by atoms with Gasteiger partial charge < -0.3 is 5.32 Å². The van der Waals surface area contributed by atoms with Gasteiger partial charge in [-0.15, -0.1) is 11.3 Å². The smallest absolute Gasteiger partial charge is 0.263 e. The molecule has 2 heterocycles. The second-order valence-electron chi connectivity index (χ2n) is 7.36. The van der Waals surface area contributed by atoms with Gasteiger partial charge in [-0.1, -0.05) is 11.8 Å². The van der Waals surface area contributed by atoms with Crippen molar-refractivity contribution >= 4 is 39.2 Å². The molecule has 0 radical (unpaired) electrons. The number of nitriles is 1. The Bertz CT molecular complexity index is 978. The zero-order valence-corrected chi connectivity index (χ0v) is 17.7. The van der Waals surface area contributed by atoms with Gasteiger partial charge in [-0.05, 0) is 58.9 Å². The molecule has 0 aliphatic heterocycles. The highest BCUT2D eigenvalue weighted by Gasteiger charge is 2.35. The fraction of sp³-hybridized carbons (Fsp3) is 0.579. The van der Waals surface area contributed by atoms with Crippen LogP contribution in [0.4, 0.5) is 0 Å². The molecule has 27 heavy (non-hydrogen) atoms. The molecule has 144 valence electrons. The van der Waals surface area contributed by atoms with Crippen molar-refractivity contribution in [3.8, 4) is 6.07 Å². The van der Waals surface area contributed by atoms with E-state index in [2.05, 4.69) is 16.4 Å². The number of rotatable bonds is 5. The molecule has 1 N–H and O–H groups in total. The first-order valence-corrected chi connectivity index (χ1v) is 11.0. The number of hydrogen-bond acceptors (Lipinski definition) is 6. The number of carbonyl (C=O) groups excluding carboxylic acids is 1. The summed E-state index contributed by atoms with van der Waals surface area (Å²) in [5.41, 5.74) is 0.201. The first-order chi connectivity index (χ1) is 12.8. The summed E-state index contributed by atoms with van der Waals surface area (Å²) in [7, 11) is 0. The number of aryl methyl sites for hydroxylation is 2. The normalized spacial score (nSPS) is 16.0. The van der Waals surface area contributed by atoms with Crippen molar-refractivity contribution in [2.75, 3.05) is 5.75 Å². The molecule has 3 rings (SSSR count). The molecule has 1 fully saturated rings. The molecule has 2 aromatic rings. The van der Waals surface area contributed by atoms with Gasteiger partial charge in [-0.2, -0.15) is 5.26 Å². The molecule has 0 aromatic carbocycles. The molecule has 1 aliphatic rings. The summed E-state index contributed by atoms with van der Waals surface area (Å²) in [5.74, 6) is -0.0519. The summed E-state index contributed by atoms with van der Waals surface area (Å²) >= 11 is 2.77. The Morgan fingerprint density at radius 2 is 2.07 bits per heavy atom. The van der Waals surface area contributed by atoms with Crippen LogP contribution in [0.1, 0.15) is 56.0 Å². The summed E-state index contributed by atoms with van der Waals surface area (Å²) in [5, 5.41) is 13.5. The van der Waals surface area contributed by atoms with Crippen LogP contribution in [0.25, 0.3) is 10.2 Å². The molecule has 6 nitrogen and oxygen atoms in total. The predicted molar refractivity (Wildman–Crippen MR) is 109 cm³/mol. The second kappa shape index (κ2) is 7.64. The zero-order chi connectivity index (χ0) is 19.8. The predicted octanol–water partition coefficient (Wildman–Crippen LogP) is 3.70. The Morgan fingerprint density at radius 1 is 1.41 bits per heavy atom. The number of hydrogen-bond donors (Lipinski definition) is 1. The Labute approximate surface area is 167 Å². The highest BCUT2D eigenvalue weighted by atomic mass is 32.2. The van der Waals surface area contributed by atoms with Crippen LogP contribution in [-0.2, 0) is 4.79 Å². The van der Waals surface area contributed by atoms with E-state index in [1.54, 1.807) is 4.57 Å². The van der Waals surface area contributed by atoms with Crippen molar-refractivity contribution in [1.29, 1.82) is 5.26 Å². The molecule has 0 spiro atoms. The van der Waals surface area contributed by atoms with Crippen LogP contribution >= 0.6 is 23.1 Å². The molecule has 8 heteroatoms. The maximum absolute atomic E-state index is 13.0. The molecule has 1 amide bonds. The van der Waals surface area contributed by atoms with Gasteiger partial charge in [-0.3, -0.25) is 14.2 Å². The number of nitrogens with one attached hydrogen (secondary N) is 1. The van der Waals surface area contributed by atoms with Crippen LogP contribution in [0.3, 0.4) is 0 Å². The second-order valence-corrected chi connectivity index (χ2v) is 9.51. The summed E-state index contributed by atoms with van der Waals surface area (Å²) in [4.78, 5) is 31.9. The minimum Gasteiger partial charge on any atom is -0.337 e. The minimum atomic E-state index is -0.727. The summed E-state index contributed by atoms with van der Waals surface area (Å²) in [6, 6.07) is 2.21. The van der Waals surface area contributed by atoms with Crippen LogP contribution < -0.4 is 10.9 Å². The lowest BCUT2D eigenvalue weighted by atomic mass is 10.0. The van der Waals surface area contributed by atoms with Crippen LogP contribution in [0.2, 0.25) is 0 Å². The van der Waals surface area contributed by atoms with Gasteiger partial charge in [0.2, 0.25) is 5.91 Å². The zero-order valence-electron chi connectivity index (χ0n) is 16.1. The van der Waals surface area contributed by atoms with Gasteiger partial charge >= 0.3 is 0 Å². The monoisotopic (exact) mass is 404 g/mol. The third kappa shape index (κ3) is 3.76. The molecule has 0 unspecified atom stereocenters. The topological polar surface area (TPSA) is 87.8 Å². The van der Waals surface area contributed by atoms with Crippen molar-refractivity contribution in [3.05, 3.63) is 20.8 Å². The number of fused-ring (bicyclic) bond motifs is 1. The average molecular weight is 405 g/mol. The Kier molecular flexibility index (Phi) is 5.63.